The number of carbonyl (C=O) groups is 2. The molecule has 2 aromatic rings. The first-order valence-electron chi connectivity index (χ1n) is 10.2. The quantitative estimate of drug-likeness (QED) is 0.545. The van der Waals surface area contributed by atoms with Crippen molar-refractivity contribution in [2.24, 2.45) is 5.16 Å². The predicted molar refractivity (Wildman–Crippen MR) is 110 cm³/mol. The van der Waals surface area contributed by atoms with Crippen molar-refractivity contribution in [3.63, 3.8) is 0 Å². The standard InChI is InChI=1S/C23H23F3N2O4/c1-2-31-23(30)10-9-22(29)28(13-15-7-8-16(24)11-20(15)26)14-17-12-21(27-32-17)18-5-3-4-6-19(18)25/h3-8,11,17H,2,9-10,12-14H2,1H3. The lowest BCUT2D eigenvalue weighted by molar-refractivity contribution is -0.146. The van der Waals surface area contributed by atoms with Gasteiger partial charge in [0.1, 0.15) is 17.5 Å². The van der Waals surface area contributed by atoms with Crippen molar-refractivity contribution in [2.75, 3.05) is 13.2 Å². The number of benzene rings is 2. The van der Waals surface area contributed by atoms with E-state index in [1.165, 1.54) is 17.0 Å². The zero-order valence-electron chi connectivity index (χ0n) is 17.5. The second-order valence-corrected chi connectivity index (χ2v) is 7.26. The van der Waals surface area contributed by atoms with Crippen molar-refractivity contribution in [3.05, 3.63) is 71.0 Å². The SMILES string of the molecule is CCOC(=O)CCC(=O)N(Cc1ccc(F)cc1F)CC1CC(c2ccccc2F)=NO1. The van der Waals surface area contributed by atoms with E-state index in [1.807, 2.05) is 0 Å². The average molecular weight is 448 g/mol. The number of nitrogens with zero attached hydrogens (tertiary/aromatic N) is 2. The van der Waals surface area contributed by atoms with Gasteiger partial charge in [0.15, 0.2) is 6.10 Å². The van der Waals surface area contributed by atoms with Crippen LogP contribution in [0.25, 0.3) is 0 Å². The first kappa shape index (κ1) is 23.3. The number of carbonyl (C=O) groups excluding carboxylic acids is 2. The van der Waals surface area contributed by atoms with Crippen LogP contribution in [-0.4, -0.2) is 41.7 Å². The Bertz CT molecular complexity index is 1010. The summed E-state index contributed by atoms with van der Waals surface area (Å²) in [6.07, 6.45) is -0.610. The van der Waals surface area contributed by atoms with Gasteiger partial charge < -0.3 is 14.5 Å². The molecule has 1 atom stereocenters. The molecule has 0 N–H and O–H groups in total. The normalized spacial score (nSPS) is 15.1. The zero-order valence-corrected chi connectivity index (χ0v) is 17.5. The largest absolute Gasteiger partial charge is 0.466 e. The fraction of sp³-hybridized carbons (Fsp3) is 0.348. The molecule has 1 heterocycles. The monoisotopic (exact) mass is 448 g/mol. The van der Waals surface area contributed by atoms with Crippen molar-refractivity contribution >= 4 is 17.6 Å². The third kappa shape index (κ3) is 6.09. The lowest BCUT2D eigenvalue weighted by atomic mass is 10.0. The average Bonchev–Trinajstić information content (AvgIpc) is 3.22. The van der Waals surface area contributed by atoms with E-state index >= 15 is 0 Å². The van der Waals surface area contributed by atoms with Crippen LogP contribution in [-0.2, 0) is 25.7 Å². The Balaban J connectivity index is 1.70. The molecule has 0 fully saturated rings. The van der Waals surface area contributed by atoms with Crippen LogP contribution in [0.2, 0.25) is 0 Å². The molecular weight excluding hydrogens is 425 g/mol. The fourth-order valence-corrected chi connectivity index (χ4v) is 3.34. The zero-order chi connectivity index (χ0) is 23.1. The van der Waals surface area contributed by atoms with Crippen LogP contribution in [0.15, 0.2) is 47.6 Å². The number of hydrogen-bond donors (Lipinski definition) is 0. The number of amides is 1. The van der Waals surface area contributed by atoms with Gasteiger partial charge in [-0.25, -0.2) is 13.2 Å². The summed E-state index contributed by atoms with van der Waals surface area (Å²) in [7, 11) is 0. The van der Waals surface area contributed by atoms with Crippen LogP contribution in [0.3, 0.4) is 0 Å². The third-order valence-electron chi connectivity index (χ3n) is 4.92. The number of esters is 1. The number of rotatable bonds is 9. The summed E-state index contributed by atoms with van der Waals surface area (Å²) < 4.78 is 46.3. The van der Waals surface area contributed by atoms with E-state index in [9.17, 15) is 22.8 Å². The Hall–Kier alpha value is -3.36. The van der Waals surface area contributed by atoms with Gasteiger partial charge in [0.2, 0.25) is 5.91 Å². The minimum atomic E-state index is -0.788. The molecule has 1 amide bonds. The molecule has 0 radical (unpaired) electrons. The van der Waals surface area contributed by atoms with Crippen LogP contribution in [0.4, 0.5) is 13.2 Å². The molecule has 1 aliphatic rings. The summed E-state index contributed by atoms with van der Waals surface area (Å²) in [6.45, 7) is 1.74. The Morgan fingerprint density at radius 2 is 1.91 bits per heavy atom. The highest BCUT2D eigenvalue weighted by Gasteiger charge is 2.28. The maximum atomic E-state index is 14.2. The summed E-state index contributed by atoms with van der Waals surface area (Å²) in [5.74, 6) is -2.90. The molecule has 0 bridgehead atoms. The highest BCUT2D eigenvalue weighted by molar-refractivity contribution is 6.01. The van der Waals surface area contributed by atoms with Crippen molar-refractivity contribution in [1.29, 1.82) is 0 Å². The van der Waals surface area contributed by atoms with Gasteiger partial charge >= 0.3 is 5.97 Å². The smallest absolute Gasteiger partial charge is 0.306 e. The highest BCUT2D eigenvalue weighted by Crippen LogP contribution is 2.21. The van der Waals surface area contributed by atoms with Gasteiger partial charge in [-0.15, -0.1) is 0 Å². The Labute approximate surface area is 183 Å². The number of halogens is 3. The molecule has 6 nitrogen and oxygen atoms in total. The van der Waals surface area contributed by atoms with Crippen molar-refractivity contribution in [1.82, 2.24) is 4.90 Å². The molecule has 32 heavy (non-hydrogen) atoms. The van der Waals surface area contributed by atoms with Gasteiger partial charge in [-0.3, -0.25) is 9.59 Å². The topological polar surface area (TPSA) is 68.2 Å². The minimum absolute atomic E-state index is 0.0277. The first-order valence-corrected chi connectivity index (χ1v) is 10.2. The second-order valence-electron chi connectivity index (χ2n) is 7.26. The van der Waals surface area contributed by atoms with Crippen LogP contribution in [0.5, 0.6) is 0 Å². The Morgan fingerprint density at radius 1 is 1.12 bits per heavy atom. The van der Waals surface area contributed by atoms with Crippen LogP contribution >= 0.6 is 0 Å². The summed E-state index contributed by atoms with van der Waals surface area (Å²) in [4.78, 5) is 31.1. The highest BCUT2D eigenvalue weighted by atomic mass is 19.1. The summed E-state index contributed by atoms with van der Waals surface area (Å²) >= 11 is 0. The molecule has 0 saturated carbocycles. The lowest BCUT2D eigenvalue weighted by Gasteiger charge is -2.25. The maximum Gasteiger partial charge on any atom is 0.306 e. The maximum absolute atomic E-state index is 14.2. The lowest BCUT2D eigenvalue weighted by Crippen LogP contribution is -2.37. The van der Waals surface area contributed by atoms with E-state index < -0.39 is 35.4 Å². The van der Waals surface area contributed by atoms with Crippen molar-refractivity contribution in [2.45, 2.75) is 38.8 Å². The number of ether oxygens (including phenoxy) is 1. The van der Waals surface area contributed by atoms with Gasteiger partial charge in [0, 0.05) is 36.6 Å². The molecule has 170 valence electrons. The van der Waals surface area contributed by atoms with Gasteiger partial charge in [-0.2, -0.15) is 0 Å². The molecule has 3 rings (SSSR count). The molecule has 0 saturated heterocycles. The predicted octanol–water partition coefficient (Wildman–Crippen LogP) is 3.97. The molecular formula is C23H23F3N2O4. The number of hydrogen-bond acceptors (Lipinski definition) is 5. The summed E-state index contributed by atoms with van der Waals surface area (Å²) in [6, 6.07) is 9.23. The van der Waals surface area contributed by atoms with Gasteiger partial charge in [-0.1, -0.05) is 29.4 Å². The number of oxime groups is 1. The Morgan fingerprint density at radius 3 is 2.62 bits per heavy atom. The minimum Gasteiger partial charge on any atom is -0.466 e. The Kier molecular flexibility index (Phi) is 7.86. The van der Waals surface area contributed by atoms with Crippen LogP contribution < -0.4 is 0 Å². The van der Waals surface area contributed by atoms with Gasteiger partial charge in [0.05, 0.1) is 25.3 Å². The van der Waals surface area contributed by atoms with Crippen molar-refractivity contribution in [3.8, 4) is 0 Å². The van der Waals surface area contributed by atoms with E-state index in [4.69, 9.17) is 9.57 Å². The van der Waals surface area contributed by atoms with E-state index in [0.29, 0.717) is 11.3 Å². The van der Waals surface area contributed by atoms with Gasteiger partial charge in [-0.05, 0) is 19.1 Å². The molecule has 9 heteroatoms. The van der Waals surface area contributed by atoms with Crippen LogP contribution in [0, 0.1) is 17.5 Å². The van der Waals surface area contributed by atoms with E-state index in [-0.39, 0.29) is 44.5 Å². The molecule has 1 aliphatic heterocycles. The van der Waals surface area contributed by atoms with E-state index in [0.717, 1.165) is 12.1 Å². The van der Waals surface area contributed by atoms with E-state index in [1.54, 1.807) is 25.1 Å². The fourth-order valence-electron chi connectivity index (χ4n) is 3.34. The van der Waals surface area contributed by atoms with Crippen molar-refractivity contribution < 1.29 is 32.3 Å². The summed E-state index contributed by atoms with van der Waals surface area (Å²) in [5, 5.41) is 3.94. The van der Waals surface area contributed by atoms with E-state index in [2.05, 4.69) is 5.16 Å². The second kappa shape index (κ2) is 10.8. The molecule has 0 spiro atoms. The third-order valence-corrected chi connectivity index (χ3v) is 4.92. The molecule has 0 aromatic heterocycles. The first-order chi connectivity index (χ1) is 15.4. The molecule has 1 unspecified atom stereocenters. The summed E-state index contributed by atoms with van der Waals surface area (Å²) in [5.41, 5.74) is 0.823. The molecule has 0 aliphatic carbocycles. The molecule has 2 aromatic carbocycles. The van der Waals surface area contributed by atoms with Crippen LogP contribution in [0.1, 0.15) is 37.3 Å². The van der Waals surface area contributed by atoms with Gasteiger partial charge in [0.25, 0.3) is 0 Å².